The summed E-state index contributed by atoms with van der Waals surface area (Å²) in [7, 11) is 0. The van der Waals surface area contributed by atoms with E-state index in [1.807, 2.05) is 18.2 Å². The van der Waals surface area contributed by atoms with Crippen LogP contribution in [0.1, 0.15) is 46.0 Å². The van der Waals surface area contributed by atoms with Crippen molar-refractivity contribution < 1.29 is 19.5 Å². The molecule has 2 amide bonds. The summed E-state index contributed by atoms with van der Waals surface area (Å²) in [5.74, 6) is 3.03. The Labute approximate surface area is 213 Å². The maximum absolute atomic E-state index is 12.8. The molecule has 2 aliphatic heterocycles. The summed E-state index contributed by atoms with van der Waals surface area (Å²) in [5, 5.41) is 16.3. The summed E-state index contributed by atoms with van der Waals surface area (Å²) in [6, 6.07) is -0.619. The summed E-state index contributed by atoms with van der Waals surface area (Å²) in [4.78, 5) is 37.5. The molecule has 3 fully saturated rings. The van der Waals surface area contributed by atoms with E-state index in [2.05, 4.69) is 42.7 Å². The van der Waals surface area contributed by atoms with Crippen LogP contribution >= 0.6 is 0 Å². The molecule has 0 spiro atoms. The number of Topliss-reactive ketones (excluding diaryl/α,β-unsaturated/α-hetero) is 1. The molecule has 0 aromatic heterocycles. The minimum absolute atomic E-state index is 0.0404. The topological polar surface area (TPSA) is 95.5 Å². The normalized spacial score (nSPS) is 45.2. The van der Waals surface area contributed by atoms with Gasteiger partial charge in [0.25, 0.3) is 5.91 Å². The highest BCUT2D eigenvalue weighted by Crippen LogP contribution is 2.65. The number of rotatable bonds is 1. The maximum atomic E-state index is 12.8. The van der Waals surface area contributed by atoms with Crippen molar-refractivity contribution in [1.82, 2.24) is 10.6 Å². The van der Waals surface area contributed by atoms with Crippen molar-refractivity contribution in [2.75, 3.05) is 6.54 Å². The molecule has 2 saturated carbocycles. The fourth-order valence-corrected chi connectivity index (χ4v) is 7.69. The first-order chi connectivity index (χ1) is 17.4. The quantitative estimate of drug-likeness (QED) is 0.380. The van der Waals surface area contributed by atoms with Crippen LogP contribution in [0.4, 0.5) is 0 Å². The van der Waals surface area contributed by atoms with E-state index in [9.17, 15) is 19.5 Å². The predicted octanol–water partition coefficient (Wildman–Crippen LogP) is 4.18. The van der Waals surface area contributed by atoms with Crippen molar-refractivity contribution in [2.24, 2.45) is 47.3 Å². The lowest BCUT2D eigenvalue weighted by molar-refractivity contribution is -0.118. The first-order valence-electron chi connectivity index (χ1n) is 13.7. The minimum Gasteiger partial charge on any atom is -0.507 e. The van der Waals surface area contributed by atoms with Gasteiger partial charge in [-0.15, -0.1) is 0 Å². The Balaban J connectivity index is 1.46. The van der Waals surface area contributed by atoms with Crippen molar-refractivity contribution in [3.05, 3.63) is 59.9 Å². The molecular formula is C30H38N2O4. The van der Waals surface area contributed by atoms with Crippen molar-refractivity contribution in [2.45, 2.75) is 52.0 Å². The van der Waals surface area contributed by atoms with Crippen LogP contribution in [0.15, 0.2) is 59.9 Å². The van der Waals surface area contributed by atoms with Gasteiger partial charge in [0.2, 0.25) is 5.91 Å². The molecule has 1 saturated heterocycles. The van der Waals surface area contributed by atoms with E-state index >= 15 is 0 Å². The van der Waals surface area contributed by atoms with Gasteiger partial charge in [0.05, 0.1) is 6.04 Å². The Morgan fingerprint density at radius 1 is 0.972 bits per heavy atom. The van der Waals surface area contributed by atoms with E-state index < -0.39 is 11.9 Å². The smallest absolute Gasteiger partial charge is 0.259 e. The van der Waals surface area contributed by atoms with Crippen LogP contribution in [0.2, 0.25) is 0 Å². The molecule has 36 heavy (non-hydrogen) atoms. The Hall–Kier alpha value is -2.89. The lowest BCUT2D eigenvalue weighted by Gasteiger charge is -2.55. The second-order valence-corrected chi connectivity index (χ2v) is 11.2. The van der Waals surface area contributed by atoms with E-state index in [1.54, 1.807) is 12.2 Å². The molecule has 6 nitrogen and oxygen atoms in total. The van der Waals surface area contributed by atoms with Crippen LogP contribution in [0.25, 0.3) is 0 Å². The molecule has 5 aliphatic rings. The number of amides is 2. The van der Waals surface area contributed by atoms with Gasteiger partial charge in [-0.3, -0.25) is 14.4 Å². The Bertz CT molecular complexity index is 1070. The number of hydrogen-bond donors (Lipinski definition) is 3. The van der Waals surface area contributed by atoms with E-state index in [1.165, 1.54) is 12.8 Å². The zero-order valence-electron chi connectivity index (χ0n) is 21.2. The molecule has 5 rings (SSSR count). The lowest BCUT2D eigenvalue weighted by atomic mass is 9.49. The molecule has 6 heteroatoms. The van der Waals surface area contributed by atoms with E-state index in [0.29, 0.717) is 43.6 Å². The predicted molar refractivity (Wildman–Crippen MR) is 139 cm³/mol. The van der Waals surface area contributed by atoms with Crippen LogP contribution in [-0.2, 0) is 14.4 Å². The first kappa shape index (κ1) is 24.8. The number of hydrogen-bond acceptors (Lipinski definition) is 4. The zero-order valence-corrected chi connectivity index (χ0v) is 21.2. The van der Waals surface area contributed by atoms with Gasteiger partial charge >= 0.3 is 0 Å². The molecule has 3 aliphatic carbocycles. The van der Waals surface area contributed by atoms with Gasteiger partial charge in [0.15, 0.2) is 5.78 Å². The number of fused-ring (bicyclic) bond motifs is 8. The largest absolute Gasteiger partial charge is 0.507 e. The summed E-state index contributed by atoms with van der Waals surface area (Å²) >= 11 is 0. The molecule has 9 atom stereocenters. The van der Waals surface area contributed by atoms with Crippen molar-refractivity contribution in [3.8, 4) is 0 Å². The van der Waals surface area contributed by atoms with E-state index in [4.69, 9.17) is 0 Å². The zero-order chi connectivity index (χ0) is 25.4. The summed E-state index contributed by atoms with van der Waals surface area (Å²) in [5.41, 5.74) is -0.141. The fraction of sp³-hybridized carbons (Fsp3) is 0.567. The third kappa shape index (κ3) is 4.39. The monoisotopic (exact) mass is 490 g/mol. The molecule has 3 N–H and O–H groups in total. The summed E-state index contributed by atoms with van der Waals surface area (Å²) in [6.45, 7) is 5.22. The second kappa shape index (κ2) is 10.2. The number of carbonyl (C=O) groups is 3. The number of nitrogens with one attached hydrogen (secondary N) is 2. The van der Waals surface area contributed by atoms with Crippen LogP contribution in [0.5, 0.6) is 0 Å². The van der Waals surface area contributed by atoms with Crippen molar-refractivity contribution in [1.29, 1.82) is 0 Å². The third-order valence-electron chi connectivity index (χ3n) is 9.51. The molecule has 2 bridgehead atoms. The average molecular weight is 491 g/mol. The Kier molecular flexibility index (Phi) is 7.05. The molecule has 0 radical (unpaired) electrons. The van der Waals surface area contributed by atoms with Gasteiger partial charge in [0.1, 0.15) is 11.3 Å². The molecule has 0 aromatic carbocycles. The highest BCUT2D eigenvalue weighted by atomic mass is 16.3. The SMILES string of the molecule is CC[C@H]1C[C@H]2[C@H]3C4/C=C/C=C/C(=O)NCCCCC5NC(=O)/C(=C(O)/C=C/[C@H]4C=C[C@H]3[C@H]2[C@H]1C)C5=O. The first-order valence-corrected chi connectivity index (χ1v) is 13.7. The van der Waals surface area contributed by atoms with Crippen LogP contribution < -0.4 is 10.6 Å². The number of aliphatic hydroxyl groups excluding tert-OH is 1. The van der Waals surface area contributed by atoms with E-state index in [0.717, 1.165) is 17.8 Å². The maximum Gasteiger partial charge on any atom is 0.259 e. The van der Waals surface area contributed by atoms with Gasteiger partial charge in [-0.05, 0) is 73.2 Å². The van der Waals surface area contributed by atoms with Crippen LogP contribution in [0, 0.1) is 47.3 Å². The van der Waals surface area contributed by atoms with Gasteiger partial charge < -0.3 is 15.7 Å². The molecular weight excluding hydrogens is 452 g/mol. The Morgan fingerprint density at radius 2 is 1.81 bits per heavy atom. The van der Waals surface area contributed by atoms with E-state index in [-0.39, 0.29) is 34.9 Å². The molecule has 2 unspecified atom stereocenters. The van der Waals surface area contributed by atoms with Crippen molar-refractivity contribution >= 4 is 17.6 Å². The number of carbonyl (C=O) groups excluding carboxylic acids is 3. The van der Waals surface area contributed by atoms with Gasteiger partial charge in [-0.1, -0.05) is 56.7 Å². The van der Waals surface area contributed by atoms with Gasteiger partial charge in [0, 0.05) is 18.5 Å². The highest BCUT2D eigenvalue weighted by Gasteiger charge is 2.60. The van der Waals surface area contributed by atoms with Gasteiger partial charge in [-0.25, -0.2) is 0 Å². The summed E-state index contributed by atoms with van der Waals surface area (Å²) in [6.07, 6.45) is 20.0. The molecule has 192 valence electrons. The second-order valence-electron chi connectivity index (χ2n) is 11.2. The standard InChI is InChI=1S/C30H38N2O4/c1-3-18-16-22-26(17(18)2)21-13-11-19-12-14-24(33)28-29(35)23(32-30(28)36)9-6-7-15-31-25(34)10-5-4-8-20(19)27(21)22/h4-5,8,10-14,17-23,26-27,33H,3,6-7,9,15-16H2,1-2H3,(H,31,34)(H,32,36)/b8-4+,10-5+,14-12+,28-24-/t17-,18-,19+,20?,21-,22+,23?,26+,27-/m0/s1. The highest BCUT2D eigenvalue weighted by molar-refractivity contribution is 6.27. The van der Waals surface area contributed by atoms with Crippen LogP contribution in [0.3, 0.4) is 0 Å². The van der Waals surface area contributed by atoms with Crippen LogP contribution in [-0.4, -0.2) is 35.3 Å². The van der Waals surface area contributed by atoms with Gasteiger partial charge in [-0.2, -0.15) is 0 Å². The summed E-state index contributed by atoms with van der Waals surface area (Å²) < 4.78 is 0. The molecule has 0 aromatic rings. The number of ketones is 1. The van der Waals surface area contributed by atoms with Crippen molar-refractivity contribution in [3.63, 3.8) is 0 Å². The lowest BCUT2D eigenvalue weighted by Crippen LogP contribution is -2.51. The number of aliphatic hydroxyl groups is 1. The minimum atomic E-state index is -0.619. The Morgan fingerprint density at radius 3 is 2.61 bits per heavy atom. The number of allylic oxidation sites excluding steroid dienone is 7. The third-order valence-corrected chi connectivity index (χ3v) is 9.51. The molecule has 2 heterocycles. The average Bonchev–Trinajstić information content (AvgIpc) is 3.29. The fourth-order valence-electron chi connectivity index (χ4n) is 7.69.